The maximum atomic E-state index is 5.38. The molecule has 3 heteroatoms. The van der Waals surface area contributed by atoms with Gasteiger partial charge in [-0.05, 0) is 38.2 Å². The van der Waals surface area contributed by atoms with Crippen molar-refractivity contribution in [1.82, 2.24) is 9.97 Å². The van der Waals surface area contributed by atoms with E-state index in [1.54, 1.807) is 0 Å². The lowest BCUT2D eigenvalue weighted by Crippen LogP contribution is -2.50. The van der Waals surface area contributed by atoms with Gasteiger partial charge in [0, 0.05) is 11.1 Å². The van der Waals surface area contributed by atoms with Crippen LogP contribution in [0.1, 0.15) is 0 Å². The van der Waals surface area contributed by atoms with Crippen LogP contribution in [0.4, 0.5) is 0 Å². The Balaban J connectivity index is 1.47. The Kier molecular flexibility index (Phi) is 5.61. The van der Waals surface area contributed by atoms with Crippen LogP contribution in [0.25, 0.3) is 56.2 Å². The Labute approximate surface area is 230 Å². The lowest BCUT2D eigenvalue weighted by atomic mass is 9.98. The summed E-state index contributed by atoms with van der Waals surface area (Å²) in [5.74, 6) is 0.775. The molecule has 2 nitrogen and oxygen atoms in total. The van der Waals surface area contributed by atoms with Crippen molar-refractivity contribution < 1.29 is 0 Å². The zero-order valence-corrected chi connectivity index (χ0v) is 23.1. The van der Waals surface area contributed by atoms with Crippen LogP contribution in [0.15, 0.2) is 133 Å². The fourth-order valence-corrected chi connectivity index (χ4v) is 9.18. The highest BCUT2D eigenvalue weighted by Crippen LogP contribution is 2.36. The van der Waals surface area contributed by atoms with E-state index in [2.05, 4.69) is 147 Å². The van der Waals surface area contributed by atoms with Crippen LogP contribution in [0, 0.1) is 0 Å². The molecule has 2 heterocycles. The molecule has 5 aromatic carbocycles. The van der Waals surface area contributed by atoms with Crippen LogP contribution < -0.4 is 10.4 Å². The van der Waals surface area contributed by atoms with Gasteiger partial charge in [0.15, 0.2) is 5.82 Å². The summed E-state index contributed by atoms with van der Waals surface area (Å²) >= 11 is 0. The van der Waals surface area contributed by atoms with E-state index in [4.69, 9.17) is 9.97 Å². The van der Waals surface area contributed by atoms with Gasteiger partial charge in [-0.25, -0.2) is 9.97 Å². The number of nitrogens with zero attached hydrogens (tertiary/aromatic N) is 2. The zero-order valence-electron chi connectivity index (χ0n) is 22.1. The fourth-order valence-electron chi connectivity index (χ4n) is 5.94. The minimum Gasteiger partial charge on any atom is -0.228 e. The van der Waals surface area contributed by atoms with Gasteiger partial charge in [-0.15, -0.1) is 0 Å². The SMILES string of the molecule is C[Si]1(C)c2ccccc2-c2nc(-c3ccccc3-c3ccccc3)nc(-c3ccc(-c4ccccc4)cc3)c21. The van der Waals surface area contributed by atoms with Crippen molar-refractivity contribution in [1.29, 1.82) is 0 Å². The van der Waals surface area contributed by atoms with E-state index in [1.165, 1.54) is 32.6 Å². The third-order valence-corrected chi connectivity index (χ3v) is 11.4. The standard InChI is InChI=1S/C36H28N2Si/c1-39(2)32-20-12-11-19-31(32)34-35(39)33(28-23-21-26(22-24-28)25-13-5-3-6-14-25)37-36(38-34)30-18-10-9-17-29(30)27-15-7-4-8-16-27/h3-24H,1-2H3. The number of benzene rings is 5. The Morgan fingerprint density at radius 1 is 0.410 bits per heavy atom. The molecule has 0 spiro atoms. The number of aromatic nitrogens is 2. The van der Waals surface area contributed by atoms with E-state index < -0.39 is 8.07 Å². The number of hydrogen-bond donors (Lipinski definition) is 0. The van der Waals surface area contributed by atoms with Crippen LogP contribution in [0.5, 0.6) is 0 Å². The van der Waals surface area contributed by atoms with Crippen molar-refractivity contribution in [3.8, 4) is 56.2 Å². The van der Waals surface area contributed by atoms with Crippen LogP contribution in [-0.2, 0) is 0 Å². The predicted molar refractivity (Wildman–Crippen MR) is 166 cm³/mol. The van der Waals surface area contributed by atoms with Gasteiger partial charge >= 0.3 is 0 Å². The second-order valence-corrected chi connectivity index (χ2v) is 14.9. The molecule has 1 aliphatic rings. The molecule has 0 amide bonds. The molecule has 0 radical (unpaired) electrons. The van der Waals surface area contributed by atoms with E-state index in [0.717, 1.165) is 33.9 Å². The summed E-state index contributed by atoms with van der Waals surface area (Å²) in [5, 5.41) is 2.77. The number of rotatable bonds is 4. The molecule has 0 atom stereocenters. The molecule has 39 heavy (non-hydrogen) atoms. The van der Waals surface area contributed by atoms with Crippen LogP contribution in [-0.4, -0.2) is 18.0 Å². The largest absolute Gasteiger partial charge is 0.228 e. The van der Waals surface area contributed by atoms with Crippen molar-refractivity contribution in [2.75, 3.05) is 0 Å². The molecule has 7 rings (SSSR count). The van der Waals surface area contributed by atoms with Gasteiger partial charge in [0.2, 0.25) is 0 Å². The summed E-state index contributed by atoms with van der Waals surface area (Å²) in [6, 6.07) is 47.3. The molecular formula is C36H28N2Si. The Hall–Kier alpha value is -4.60. The maximum absolute atomic E-state index is 5.38. The summed E-state index contributed by atoms with van der Waals surface area (Å²) in [6.07, 6.45) is 0. The van der Waals surface area contributed by atoms with Crippen molar-refractivity contribution in [2.24, 2.45) is 0 Å². The van der Waals surface area contributed by atoms with Crippen LogP contribution in [0.3, 0.4) is 0 Å². The summed E-state index contributed by atoms with van der Waals surface area (Å²) < 4.78 is 0. The van der Waals surface area contributed by atoms with E-state index in [0.29, 0.717) is 0 Å². The minimum absolute atomic E-state index is 0.775. The molecule has 0 bridgehead atoms. The molecule has 0 fully saturated rings. The fraction of sp³-hybridized carbons (Fsp3) is 0.0556. The molecule has 1 aromatic heterocycles. The summed E-state index contributed by atoms with van der Waals surface area (Å²) in [7, 11) is -2.01. The summed E-state index contributed by atoms with van der Waals surface area (Å²) in [6.45, 7) is 4.86. The topological polar surface area (TPSA) is 25.8 Å². The minimum atomic E-state index is -2.01. The lowest BCUT2D eigenvalue weighted by molar-refractivity contribution is 1.20. The van der Waals surface area contributed by atoms with Crippen molar-refractivity contribution in [3.63, 3.8) is 0 Å². The first kappa shape index (κ1) is 23.5. The molecule has 186 valence electrons. The van der Waals surface area contributed by atoms with Crippen molar-refractivity contribution in [3.05, 3.63) is 133 Å². The predicted octanol–water partition coefficient (Wildman–Crippen LogP) is 7.95. The van der Waals surface area contributed by atoms with Gasteiger partial charge in [-0.1, -0.05) is 147 Å². The molecule has 0 saturated carbocycles. The number of fused-ring (bicyclic) bond motifs is 3. The summed E-state index contributed by atoms with van der Waals surface area (Å²) in [4.78, 5) is 10.7. The molecular weight excluding hydrogens is 488 g/mol. The van der Waals surface area contributed by atoms with Crippen LogP contribution in [0.2, 0.25) is 13.1 Å². The van der Waals surface area contributed by atoms with Gasteiger partial charge in [-0.2, -0.15) is 0 Å². The molecule has 0 unspecified atom stereocenters. The van der Waals surface area contributed by atoms with Gasteiger partial charge < -0.3 is 0 Å². The monoisotopic (exact) mass is 516 g/mol. The maximum Gasteiger partial charge on any atom is 0.161 e. The first-order chi connectivity index (χ1) is 19.1. The quantitative estimate of drug-likeness (QED) is 0.222. The lowest BCUT2D eigenvalue weighted by Gasteiger charge is -2.22. The van der Waals surface area contributed by atoms with Gasteiger partial charge in [-0.3, -0.25) is 0 Å². The first-order valence-electron chi connectivity index (χ1n) is 13.4. The van der Waals surface area contributed by atoms with E-state index in [-0.39, 0.29) is 0 Å². The van der Waals surface area contributed by atoms with Gasteiger partial charge in [0.1, 0.15) is 8.07 Å². The van der Waals surface area contributed by atoms with Crippen molar-refractivity contribution in [2.45, 2.75) is 13.1 Å². The third-order valence-electron chi connectivity index (χ3n) is 7.91. The molecule has 0 saturated heterocycles. The molecule has 1 aliphatic heterocycles. The molecule has 6 aromatic rings. The normalized spacial score (nSPS) is 13.1. The highest BCUT2D eigenvalue weighted by molar-refractivity contribution is 7.04. The Morgan fingerprint density at radius 2 is 0.897 bits per heavy atom. The van der Waals surface area contributed by atoms with Gasteiger partial charge in [0.25, 0.3) is 0 Å². The Morgan fingerprint density at radius 3 is 1.59 bits per heavy atom. The number of hydrogen-bond acceptors (Lipinski definition) is 2. The average molecular weight is 517 g/mol. The highest BCUT2D eigenvalue weighted by atomic mass is 28.3. The van der Waals surface area contributed by atoms with E-state index >= 15 is 0 Å². The smallest absolute Gasteiger partial charge is 0.161 e. The van der Waals surface area contributed by atoms with Crippen molar-refractivity contribution >= 4 is 18.4 Å². The molecule has 0 N–H and O–H groups in total. The van der Waals surface area contributed by atoms with Gasteiger partial charge in [0.05, 0.1) is 11.4 Å². The first-order valence-corrected chi connectivity index (χ1v) is 16.4. The van der Waals surface area contributed by atoms with E-state index in [1.807, 2.05) is 0 Å². The zero-order chi connectivity index (χ0) is 26.4. The highest BCUT2D eigenvalue weighted by Gasteiger charge is 2.41. The Bertz CT molecular complexity index is 1810. The van der Waals surface area contributed by atoms with Crippen LogP contribution >= 0.6 is 0 Å². The second kappa shape index (κ2) is 9.30. The second-order valence-electron chi connectivity index (χ2n) is 10.6. The average Bonchev–Trinajstić information content (AvgIpc) is 3.24. The molecule has 0 aliphatic carbocycles. The van der Waals surface area contributed by atoms with E-state index in [9.17, 15) is 0 Å². The summed E-state index contributed by atoms with van der Waals surface area (Å²) in [5.41, 5.74) is 10.3. The third kappa shape index (κ3) is 3.94.